The molecule has 2 aromatic rings. The van der Waals surface area contributed by atoms with Gasteiger partial charge < -0.3 is 5.11 Å². The van der Waals surface area contributed by atoms with Crippen molar-refractivity contribution in [3.8, 4) is 0 Å². The SMILES string of the molecule is C=C(C(=O)Nc1nc(CCO)cs1)c1ccc(S(C)(=O)=O)cc1. The van der Waals surface area contributed by atoms with E-state index in [-0.39, 0.29) is 17.1 Å². The number of nitrogens with zero attached hydrogens (tertiary/aromatic N) is 1. The van der Waals surface area contributed by atoms with Crippen LogP contribution in [-0.4, -0.2) is 37.3 Å². The van der Waals surface area contributed by atoms with Crippen molar-refractivity contribution in [1.82, 2.24) is 4.98 Å². The predicted molar refractivity (Wildman–Crippen MR) is 90.1 cm³/mol. The lowest BCUT2D eigenvalue weighted by Gasteiger charge is -2.06. The number of benzene rings is 1. The van der Waals surface area contributed by atoms with Gasteiger partial charge in [-0.05, 0) is 17.7 Å². The summed E-state index contributed by atoms with van der Waals surface area (Å²) in [7, 11) is -3.28. The molecular formula is C15H16N2O4S2. The Morgan fingerprint density at radius 2 is 2.00 bits per heavy atom. The van der Waals surface area contributed by atoms with Gasteiger partial charge in [0.05, 0.1) is 10.6 Å². The first-order valence-electron chi connectivity index (χ1n) is 6.67. The fraction of sp³-hybridized carbons (Fsp3) is 0.200. The molecule has 1 aromatic carbocycles. The standard InChI is InChI=1S/C15H16N2O4S2/c1-10(11-3-5-13(6-4-11)23(2,20)21)14(19)17-15-16-12(7-8-18)9-22-15/h3-6,9,18H,1,7-8H2,2H3,(H,16,17,19). The molecule has 0 spiro atoms. The van der Waals surface area contributed by atoms with Crippen LogP contribution < -0.4 is 5.32 Å². The number of aliphatic hydroxyl groups excluding tert-OH is 1. The molecule has 0 aliphatic carbocycles. The van der Waals surface area contributed by atoms with Crippen LogP contribution in [0.15, 0.2) is 41.1 Å². The van der Waals surface area contributed by atoms with Crippen molar-refractivity contribution >= 4 is 37.8 Å². The minimum atomic E-state index is -3.28. The Balaban J connectivity index is 2.08. The summed E-state index contributed by atoms with van der Waals surface area (Å²) in [5.41, 5.74) is 1.45. The quantitative estimate of drug-likeness (QED) is 0.772. The van der Waals surface area contributed by atoms with E-state index in [4.69, 9.17) is 5.11 Å². The van der Waals surface area contributed by atoms with Crippen molar-refractivity contribution in [2.75, 3.05) is 18.2 Å². The van der Waals surface area contributed by atoms with Gasteiger partial charge in [-0.25, -0.2) is 13.4 Å². The summed E-state index contributed by atoms with van der Waals surface area (Å²) in [6.07, 6.45) is 1.55. The van der Waals surface area contributed by atoms with Crippen LogP contribution in [0.3, 0.4) is 0 Å². The minimum Gasteiger partial charge on any atom is -0.396 e. The number of hydrogen-bond donors (Lipinski definition) is 2. The summed E-state index contributed by atoms with van der Waals surface area (Å²) in [5, 5.41) is 13.7. The highest BCUT2D eigenvalue weighted by Gasteiger charge is 2.13. The van der Waals surface area contributed by atoms with Crippen LogP contribution in [0.5, 0.6) is 0 Å². The van der Waals surface area contributed by atoms with Crippen LogP contribution in [0.4, 0.5) is 5.13 Å². The molecular weight excluding hydrogens is 336 g/mol. The fourth-order valence-electron chi connectivity index (χ4n) is 1.80. The molecule has 6 nitrogen and oxygen atoms in total. The molecule has 0 radical (unpaired) electrons. The second kappa shape index (κ2) is 7.03. The monoisotopic (exact) mass is 352 g/mol. The summed E-state index contributed by atoms with van der Waals surface area (Å²) < 4.78 is 22.8. The molecule has 0 bridgehead atoms. The Morgan fingerprint density at radius 1 is 1.35 bits per heavy atom. The van der Waals surface area contributed by atoms with Gasteiger partial charge in [-0.2, -0.15) is 0 Å². The Kier molecular flexibility index (Phi) is 5.30. The third-order valence-corrected chi connectivity index (χ3v) is 4.98. The number of hydrogen-bond acceptors (Lipinski definition) is 6. The molecule has 1 aromatic heterocycles. The van der Waals surface area contributed by atoms with Crippen LogP contribution in [0.25, 0.3) is 5.57 Å². The van der Waals surface area contributed by atoms with Gasteiger partial charge in [-0.1, -0.05) is 18.7 Å². The molecule has 0 unspecified atom stereocenters. The number of nitrogens with one attached hydrogen (secondary N) is 1. The second-order valence-corrected chi connectivity index (χ2v) is 7.72. The lowest BCUT2D eigenvalue weighted by molar-refractivity contribution is -0.111. The summed E-state index contributed by atoms with van der Waals surface area (Å²) in [4.78, 5) is 16.5. The minimum absolute atomic E-state index is 0.00346. The average molecular weight is 352 g/mol. The summed E-state index contributed by atoms with van der Waals surface area (Å²) in [6, 6.07) is 5.95. The predicted octanol–water partition coefficient (Wildman–Crippen LogP) is 1.73. The van der Waals surface area contributed by atoms with Crippen LogP contribution in [0.1, 0.15) is 11.3 Å². The number of amides is 1. The molecule has 0 saturated heterocycles. The zero-order valence-corrected chi connectivity index (χ0v) is 14.1. The van der Waals surface area contributed by atoms with Crippen molar-refractivity contribution < 1.29 is 18.3 Å². The van der Waals surface area contributed by atoms with Gasteiger partial charge >= 0.3 is 0 Å². The number of rotatable bonds is 6. The van der Waals surface area contributed by atoms with E-state index in [1.807, 2.05) is 0 Å². The Morgan fingerprint density at radius 3 is 2.57 bits per heavy atom. The van der Waals surface area contributed by atoms with E-state index in [1.165, 1.54) is 35.6 Å². The third-order valence-electron chi connectivity index (χ3n) is 3.05. The largest absolute Gasteiger partial charge is 0.396 e. The molecule has 1 amide bonds. The second-order valence-electron chi connectivity index (χ2n) is 4.85. The van der Waals surface area contributed by atoms with Crippen LogP contribution >= 0.6 is 11.3 Å². The highest BCUT2D eigenvalue weighted by molar-refractivity contribution is 7.90. The lowest BCUT2D eigenvalue weighted by Crippen LogP contribution is -2.13. The topological polar surface area (TPSA) is 96.4 Å². The maximum Gasteiger partial charge on any atom is 0.257 e. The number of carbonyl (C=O) groups excluding carboxylic acids is 1. The van der Waals surface area contributed by atoms with Gasteiger partial charge in [0.2, 0.25) is 0 Å². The molecule has 0 aliphatic rings. The number of aromatic nitrogens is 1. The molecule has 0 saturated carbocycles. The summed E-state index contributed by atoms with van der Waals surface area (Å²) in [5.74, 6) is -0.415. The molecule has 122 valence electrons. The zero-order chi connectivity index (χ0) is 17.0. The normalized spacial score (nSPS) is 11.2. The lowest BCUT2D eigenvalue weighted by atomic mass is 10.1. The number of aliphatic hydroxyl groups is 1. The molecule has 0 aliphatic heterocycles. The Hall–Kier alpha value is -2.03. The maximum atomic E-state index is 12.2. The van der Waals surface area contributed by atoms with Crippen molar-refractivity contribution in [2.45, 2.75) is 11.3 Å². The van der Waals surface area contributed by atoms with E-state index in [2.05, 4.69) is 16.9 Å². The first-order chi connectivity index (χ1) is 10.8. The van der Waals surface area contributed by atoms with E-state index in [1.54, 1.807) is 5.38 Å². The van der Waals surface area contributed by atoms with Gasteiger partial charge in [-0.3, -0.25) is 10.1 Å². The number of thiazole rings is 1. The van der Waals surface area contributed by atoms with Gasteiger partial charge in [-0.15, -0.1) is 11.3 Å². The molecule has 23 heavy (non-hydrogen) atoms. The van der Waals surface area contributed by atoms with Gasteiger partial charge in [0.1, 0.15) is 0 Å². The first-order valence-corrected chi connectivity index (χ1v) is 9.44. The van der Waals surface area contributed by atoms with Crippen molar-refractivity contribution in [1.29, 1.82) is 0 Å². The van der Waals surface area contributed by atoms with E-state index in [9.17, 15) is 13.2 Å². The van der Waals surface area contributed by atoms with Crippen molar-refractivity contribution in [3.63, 3.8) is 0 Å². The zero-order valence-electron chi connectivity index (χ0n) is 12.4. The Bertz CT molecular complexity index is 823. The van der Waals surface area contributed by atoms with E-state index in [0.717, 1.165) is 6.26 Å². The highest BCUT2D eigenvalue weighted by Crippen LogP contribution is 2.20. The average Bonchev–Trinajstić information content (AvgIpc) is 2.93. The molecule has 1 heterocycles. The number of carbonyl (C=O) groups is 1. The van der Waals surface area contributed by atoms with Crippen LogP contribution in [0.2, 0.25) is 0 Å². The number of sulfone groups is 1. The molecule has 2 rings (SSSR count). The molecule has 2 N–H and O–H groups in total. The maximum absolute atomic E-state index is 12.2. The molecule has 8 heteroatoms. The summed E-state index contributed by atoms with van der Waals surface area (Å²) in [6.45, 7) is 3.73. The third kappa shape index (κ3) is 4.47. The van der Waals surface area contributed by atoms with E-state index in [0.29, 0.717) is 22.8 Å². The molecule has 0 atom stereocenters. The van der Waals surface area contributed by atoms with Gasteiger partial charge in [0.25, 0.3) is 5.91 Å². The Labute approximate surface area is 138 Å². The van der Waals surface area contributed by atoms with Gasteiger partial charge in [0, 0.05) is 30.2 Å². The number of anilines is 1. The fourth-order valence-corrected chi connectivity index (χ4v) is 3.17. The van der Waals surface area contributed by atoms with E-state index >= 15 is 0 Å². The van der Waals surface area contributed by atoms with Crippen molar-refractivity contribution in [2.24, 2.45) is 0 Å². The molecule has 0 fully saturated rings. The first kappa shape index (κ1) is 17.3. The van der Waals surface area contributed by atoms with E-state index < -0.39 is 15.7 Å². The van der Waals surface area contributed by atoms with Gasteiger partial charge in [0.15, 0.2) is 15.0 Å². The van der Waals surface area contributed by atoms with Crippen molar-refractivity contribution in [3.05, 3.63) is 47.5 Å². The highest BCUT2D eigenvalue weighted by atomic mass is 32.2. The van der Waals surface area contributed by atoms with Crippen LogP contribution in [0, 0.1) is 0 Å². The summed E-state index contributed by atoms with van der Waals surface area (Å²) >= 11 is 1.26. The smallest absolute Gasteiger partial charge is 0.257 e. The van der Waals surface area contributed by atoms with Crippen LogP contribution in [-0.2, 0) is 21.1 Å².